The molecule has 0 heterocycles. The van der Waals surface area contributed by atoms with Gasteiger partial charge in [0.05, 0.1) is 11.5 Å². The van der Waals surface area contributed by atoms with Gasteiger partial charge >= 0.3 is 0 Å². The minimum absolute atomic E-state index is 0.0687. The van der Waals surface area contributed by atoms with E-state index < -0.39 is 15.8 Å². The summed E-state index contributed by atoms with van der Waals surface area (Å²) in [5.74, 6) is -0.681. The number of sulfonamides is 1. The molecule has 1 aromatic carbocycles. The molecule has 5 nitrogen and oxygen atoms in total. The molecule has 0 aliphatic rings. The van der Waals surface area contributed by atoms with Gasteiger partial charge in [-0.2, -0.15) is 0 Å². The minimum atomic E-state index is -3.80. The zero-order chi connectivity index (χ0) is 14.5. The maximum absolute atomic E-state index is 13.2. The highest BCUT2D eigenvalue weighted by molar-refractivity contribution is 7.89. The van der Waals surface area contributed by atoms with Crippen LogP contribution in [0.4, 0.5) is 10.1 Å². The first-order valence-electron chi connectivity index (χ1n) is 5.96. The molecule has 0 spiro atoms. The van der Waals surface area contributed by atoms with Crippen LogP contribution in [0, 0.1) is 5.82 Å². The number of methoxy groups -OCH3 is 1. The second kappa shape index (κ2) is 6.83. The van der Waals surface area contributed by atoms with Crippen molar-refractivity contribution in [3.63, 3.8) is 0 Å². The number of hydrogen-bond donors (Lipinski definition) is 2. The van der Waals surface area contributed by atoms with Gasteiger partial charge in [-0.25, -0.2) is 17.5 Å². The van der Waals surface area contributed by atoms with E-state index in [2.05, 4.69) is 4.72 Å². The average molecular weight is 290 g/mol. The van der Waals surface area contributed by atoms with Crippen LogP contribution in [0.5, 0.6) is 0 Å². The van der Waals surface area contributed by atoms with E-state index >= 15 is 0 Å². The van der Waals surface area contributed by atoms with Gasteiger partial charge in [0.2, 0.25) is 10.0 Å². The lowest BCUT2D eigenvalue weighted by Crippen LogP contribution is -2.37. The zero-order valence-corrected chi connectivity index (χ0v) is 11.8. The highest BCUT2D eigenvalue weighted by atomic mass is 32.2. The number of ether oxygens (including phenoxy) is 1. The first-order valence-corrected chi connectivity index (χ1v) is 7.44. The molecule has 19 heavy (non-hydrogen) atoms. The van der Waals surface area contributed by atoms with Gasteiger partial charge in [-0.05, 0) is 24.6 Å². The van der Waals surface area contributed by atoms with E-state index in [-0.39, 0.29) is 23.2 Å². The molecule has 0 aliphatic heterocycles. The van der Waals surface area contributed by atoms with E-state index in [9.17, 15) is 12.8 Å². The predicted octanol–water partition coefficient (Wildman–Crippen LogP) is 1.50. The van der Waals surface area contributed by atoms with E-state index in [1.165, 1.54) is 13.2 Å². The second-order valence-electron chi connectivity index (χ2n) is 4.28. The van der Waals surface area contributed by atoms with Crippen LogP contribution in [0.1, 0.15) is 19.8 Å². The number of nitrogens with two attached hydrogens (primary N) is 1. The van der Waals surface area contributed by atoms with Gasteiger partial charge in [0.25, 0.3) is 0 Å². The van der Waals surface area contributed by atoms with E-state index in [0.717, 1.165) is 18.6 Å². The summed E-state index contributed by atoms with van der Waals surface area (Å²) in [5, 5.41) is 0. The van der Waals surface area contributed by atoms with Crippen LogP contribution < -0.4 is 10.5 Å². The number of nitrogen functional groups attached to an aromatic ring is 1. The molecule has 0 bridgehead atoms. The van der Waals surface area contributed by atoms with Crippen molar-refractivity contribution in [1.82, 2.24) is 4.72 Å². The van der Waals surface area contributed by atoms with Gasteiger partial charge in [-0.15, -0.1) is 0 Å². The summed E-state index contributed by atoms with van der Waals surface area (Å²) in [5.41, 5.74) is 5.52. The molecule has 0 aliphatic carbocycles. The maximum atomic E-state index is 13.2. The molecule has 1 atom stereocenters. The van der Waals surface area contributed by atoms with Gasteiger partial charge in [0.15, 0.2) is 0 Å². The normalized spacial score (nSPS) is 13.4. The van der Waals surface area contributed by atoms with Crippen LogP contribution >= 0.6 is 0 Å². The summed E-state index contributed by atoms with van der Waals surface area (Å²) < 4.78 is 44.9. The minimum Gasteiger partial charge on any atom is -0.399 e. The van der Waals surface area contributed by atoms with Gasteiger partial charge in [-0.3, -0.25) is 0 Å². The predicted molar refractivity (Wildman–Crippen MR) is 71.7 cm³/mol. The summed E-state index contributed by atoms with van der Waals surface area (Å²) in [6.45, 7) is 2.20. The number of hydrogen-bond acceptors (Lipinski definition) is 4. The first kappa shape index (κ1) is 15.9. The Balaban J connectivity index is 2.95. The number of benzene rings is 1. The SMILES string of the molecule is CCCC(COC)NS(=O)(=O)c1cc(N)cc(F)c1. The van der Waals surface area contributed by atoms with Crippen LogP contribution in [0.25, 0.3) is 0 Å². The Morgan fingerprint density at radius 3 is 2.63 bits per heavy atom. The van der Waals surface area contributed by atoms with Gasteiger partial charge in [0.1, 0.15) is 5.82 Å². The van der Waals surface area contributed by atoms with Crippen molar-refractivity contribution in [3.8, 4) is 0 Å². The van der Waals surface area contributed by atoms with Crippen molar-refractivity contribution < 1.29 is 17.5 Å². The lowest BCUT2D eigenvalue weighted by atomic mass is 10.2. The Labute approximate surface area is 113 Å². The molecule has 0 radical (unpaired) electrons. The van der Waals surface area contributed by atoms with E-state index in [0.29, 0.717) is 6.42 Å². The Morgan fingerprint density at radius 2 is 2.11 bits per heavy atom. The van der Waals surface area contributed by atoms with Gasteiger partial charge in [0, 0.05) is 18.8 Å². The van der Waals surface area contributed by atoms with E-state index in [4.69, 9.17) is 10.5 Å². The third-order valence-corrected chi connectivity index (χ3v) is 4.03. The highest BCUT2D eigenvalue weighted by Crippen LogP contribution is 2.16. The Hall–Kier alpha value is -1.18. The third-order valence-electron chi connectivity index (χ3n) is 2.53. The quantitative estimate of drug-likeness (QED) is 0.746. The maximum Gasteiger partial charge on any atom is 0.241 e. The molecule has 7 heteroatoms. The molecular weight excluding hydrogens is 271 g/mol. The Kier molecular flexibility index (Phi) is 5.71. The molecule has 1 aromatic rings. The molecular formula is C12H19FN2O3S. The molecule has 0 aromatic heterocycles. The van der Waals surface area contributed by atoms with Crippen LogP contribution in [0.2, 0.25) is 0 Å². The van der Waals surface area contributed by atoms with Gasteiger partial charge in [-0.1, -0.05) is 13.3 Å². The molecule has 0 amide bonds. The summed E-state index contributed by atoms with van der Waals surface area (Å²) in [6, 6.07) is 2.89. The van der Waals surface area contributed by atoms with Gasteiger partial charge < -0.3 is 10.5 Å². The van der Waals surface area contributed by atoms with Crippen molar-refractivity contribution in [2.75, 3.05) is 19.5 Å². The second-order valence-corrected chi connectivity index (χ2v) is 6.00. The van der Waals surface area contributed by atoms with E-state index in [1.54, 1.807) is 0 Å². The fourth-order valence-electron chi connectivity index (χ4n) is 1.75. The largest absolute Gasteiger partial charge is 0.399 e. The van der Waals surface area contributed by atoms with Crippen LogP contribution in [-0.4, -0.2) is 28.2 Å². The number of rotatable bonds is 7. The van der Waals surface area contributed by atoms with Crippen molar-refractivity contribution >= 4 is 15.7 Å². The molecule has 0 saturated heterocycles. The van der Waals surface area contributed by atoms with E-state index in [1.807, 2.05) is 6.92 Å². The summed E-state index contributed by atoms with van der Waals surface area (Å²) >= 11 is 0. The van der Waals surface area contributed by atoms with Crippen LogP contribution in [0.15, 0.2) is 23.1 Å². The zero-order valence-electron chi connectivity index (χ0n) is 11.0. The fraction of sp³-hybridized carbons (Fsp3) is 0.500. The lowest BCUT2D eigenvalue weighted by Gasteiger charge is -2.17. The van der Waals surface area contributed by atoms with Crippen molar-refractivity contribution in [2.45, 2.75) is 30.7 Å². The number of anilines is 1. The molecule has 1 unspecified atom stereocenters. The monoisotopic (exact) mass is 290 g/mol. The summed E-state index contributed by atoms with van der Waals surface area (Å²) in [7, 11) is -2.30. The van der Waals surface area contributed by atoms with Crippen molar-refractivity contribution in [1.29, 1.82) is 0 Å². The third kappa shape index (κ3) is 4.77. The first-order chi connectivity index (χ1) is 8.89. The Morgan fingerprint density at radius 1 is 1.42 bits per heavy atom. The van der Waals surface area contributed by atoms with Crippen LogP contribution in [-0.2, 0) is 14.8 Å². The standard InChI is InChI=1S/C12H19FN2O3S/c1-3-4-11(8-18-2)15-19(16,17)12-6-9(13)5-10(14)7-12/h5-7,11,15H,3-4,8,14H2,1-2H3. The average Bonchev–Trinajstić information content (AvgIpc) is 2.27. The van der Waals surface area contributed by atoms with Crippen LogP contribution in [0.3, 0.4) is 0 Å². The Bertz CT molecular complexity index is 493. The molecule has 0 saturated carbocycles. The molecule has 3 N–H and O–H groups in total. The lowest BCUT2D eigenvalue weighted by molar-refractivity contribution is 0.171. The van der Waals surface area contributed by atoms with Crippen molar-refractivity contribution in [3.05, 3.63) is 24.0 Å². The van der Waals surface area contributed by atoms with Crippen molar-refractivity contribution in [2.24, 2.45) is 0 Å². The highest BCUT2D eigenvalue weighted by Gasteiger charge is 2.20. The number of nitrogens with one attached hydrogen (secondary N) is 1. The topological polar surface area (TPSA) is 81.4 Å². The summed E-state index contributed by atoms with van der Waals surface area (Å²) in [6.07, 6.45) is 1.44. The molecule has 108 valence electrons. The number of halogens is 1. The summed E-state index contributed by atoms with van der Waals surface area (Å²) in [4.78, 5) is -0.179. The smallest absolute Gasteiger partial charge is 0.241 e. The fourth-order valence-corrected chi connectivity index (χ4v) is 3.07. The molecule has 0 fully saturated rings. The molecule has 1 rings (SSSR count).